The molecule has 0 saturated carbocycles. The first-order valence-electron chi connectivity index (χ1n) is 8.01. The van der Waals surface area contributed by atoms with Gasteiger partial charge in [-0.2, -0.15) is 0 Å². The molecule has 0 aliphatic heterocycles. The molecule has 0 aliphatic rings. The summed E-state index contributed by atoms with van der Waals surface area (Å²) in [6, 6.07) is 22.2. The van der Waals surface area contributed by atoms with Gasteiger partial charge in [0, 0.05) is 11.8 Å². The molecule has 2 aromatic carbocycles. The summed E-state index contributed by atoms with van der Waals surface area (Å²) < 4.78 is 5.71. The summed E-state index contributed by atoms with van der Waals surface area (Å²) in [5.74, 6) is 0.968. The summed E-state index contributed by atoms with van der Waals surface area (Å²) in [6.07, 6.45) is 1.64. The first-order chi connectivity index (χ1) is 12.7. The molecule has 3 rings (SSSR count). The highest BCUT2D eigenvalue weighted by molar-refractivity contribution is 7.80. The Morgan fingerprint density at radius 3 is 2.38 bits per heavy atom. The zero-order chi connectivity index (χ0) is 18.2. The summed E-state index contributed by atoms with van der Waals surface area (Å²) in [6.45, 7) is 0.477. The van der Waals surface area contributed by atoms with E-state index in [1.807, 2.05) is 36.4 Å². The maximum absolute atomic E-state index is 12.2. The quantitative estimate of drug-likeness (QED) is 0.676. The van der Waals surface area contributed by atoms with Crippen molar-refractivity contribution in [2.75, 3.05) is 5.32 Å². The van der Waals surface area contributed by atoms with Crippen molar-refractivity contribution in [3.05, 3.63) is 90.1 Å². The molecule has 5 nitrogen and oxygen atoms in total. The number of amides is 1. The van der Waals surface area contributed by atoms with Gasteiger partial charge in [0.25, 0.3) is 5.91 Å². The second kappa shape index (κ2) is 8.73. The van der Waals surface area contributed by atoms with Gasteiger partial charge >= 0.3 is 0 Å². The minimum atomic E-state index is -0.298. The van der Waals surface area contributed by atoms with Gasteiger partial charge in [0.05, 0.1) is 0 Å². The van der Waals surface area contributed by atoms with Crippen molar-refractivity contribution in [2.24, 2.45) is 0 Å². The number of anilines is 1. The average molecular weight is 363 g/mol. The Labute approximate surface area is 157 Å². The SMILES string of the molecule is O=C(NC(=S)Nc1ccccn1)c1ccc(OCc2ccccc2)cc1. The summed E-state index contributed by atoms with van der Waals surface area (Å²) >= 11 is 5.13. The number of thiocarbonyl (C=S) groups is 1. The number of hydrogen-bond donors (Lipinski definition) is 2. The molecule has 3 aromatic rings. The van der Waals surface area contributed by atoms with Crippen LogP contribution in [0.2, 0.25) is 0 Å². The molecule has 2 N–H and O–H groups in total. The van der Waals surface area contributed by atoms with E-state index in [0.29, 0.717) is 23.7 Å². The minimum Gasteiger partial charge on any atom is -0.489 e. The third kappa shape index (κ3) is 5.12. The Morgan fingerprint density at radius 1 is 0.962 bits per heavy atom. The largest absolute Gasteiger partial charge is 0.489 e. The molecule has 0 radical (unpaired) electrons. The van der Waals surface area contributed by atoms with Crippen LogP contribution >= 0.6 is 12.2 Å². The molecule has 0 atom stereocenters. The van der Waals surface area contributed by atoms with Crippen molar-refractivity contribution < 1.29 is 9.53 Å². The third-order valence-corrected chi connectivity index (χ3v) is 3.70. The predicted octanol–water partition coefficient (Wildman–Crippen LogP) is 3.79. The first kappa shape index (κ1) is 17.6. The smallest absolute Gasteiger partial charge is 0.257 e. The lowest BCUT2D eigenvalue weighted by Crippen LogP contribution is -2.34. The van der Waals surface area contributed by atoms with Crippen LogP contribution in [0.1, 0.15) is 15.9 Å². The normalized spacial score (nSPS) is 10.0. The number of nitrogens with zero attached hydrogens (tertiary/aromatic N) is 1. The van der Waals surface area contributed by atoms with Crippen LogP contribution in [0.5, 0.6) is 5.75 Å². The van der Waals surface area contributed by atoms with Crippen LogP contribution in [0.4, 0.5) is 5.82 Å². The molecule has 1 amide bonds. The lowest BCUT2D eigenvalue weighted by Gasteiger charge is -2.10. The Hall–Kier alpha value is -3.25. The van der Waals surface area contributed by atoms with Gasteiger partial charge in [0.1, 0.15) is 18.2 Å². The van der Waals surface area contributed by atoms with Crippen molar-refractivity contribution in [3.8, 4) is 5.75 Å². The molecule has 0 unspecified atom stereocenters. The van der Waals surface area contributed by atoms with Crippen molar-refractivity contribution >= 4 is 29.1 Å². The number of pyridine rings is 1. The van der Waals surface area contributed by atoms with E-state index in [2.05, 4.69) is 15.6 Å². The van der Waals surface area contributed by atoms with E-state index in [1.165, 1.54) is 0 Å². The van der Waals surface area contributed by atoms with Crippen molar-refractivity contribution in [2.45, 2.75) is 6.61 Å². The van der Waals surface area contributed by atoms with Gasteiger partial charge in [-0.05, 0) is 54.2 Å². The number of benzene rings is 2. The number of aromatic nitrogens is 1. The number of carbonyl (C=O) groups excluding carboxylic acids is 1. The van der Waals surface area contributed by atoms with E-state index < -0.39 is 0 Å². The molecule has 0 spiro atoms. The maximum atomic E-state index is 12.2. The fraction of sp³-hybridized carbons (Fsp3) is 0.0500. The summed E-state index contributed by atoms with van der Waals surface area (Å²) in [5, 5.41) is 5.67. The van der Waals surface area contributed by atoms with Gasteiger partial charge in [-0.3, -0.25) is 10.1 Å². The van der Waals surface area contributed by atoms with Gasteiger partial charge in [-0.15, -0.1) is 0 Å². The van der Waals surface area contributed by atoms with Gasteiger partial charge in [-0.25, -0.2) is 4.98 Å². The number of hydrogen-bond acceptors (Lipinski definition) is 4. The average Bonchev–Trinajstić information content (AvgIpc) is 2.68. The minimum absolute atomic E-state index is 0.193. The van der Waals surface area contributed by atoms with Crippen LogP contribution in [0.25, 0.3) is 0 Å². The molecule has 6 heteroatoms. The Balaban J connectivity index is 1.52. The van der Waals surface area contributed by atoms with Gasteiger partial charge < -0.3 is 10.1 Å². The molecule has 26 heavy (non-hydrogen) atoms. The van der Waals surface area contributed by atoms with Crippen molar-refractivity contribution in [1.29, 1.82) is 0 Å². The second-order valence-corrected chi connectivity index (χ2v) is 5.83. The van der Waals surface area contributed by atoms with Crippen LogP contribution in [0.15, 0.2) is 79.0 Å². The van der Waals surface area contributed by atoms with Crippen molar-refractivity contribution in [3.63, 3.8) is 0 Å². The lowest BCUT2D eigenvalue weighted by molar-refractivity contribution is 0.0977. The van der Waals surface area contributed by atoms with E-state index >= 15 is 0 Å². The molecular weight excluding hydrogens is 346 g/mol. The summed E-state index contributed by atoms with van der Waals surface area (Å²) in [4.78, 5) is 16.3. The standard InChI is InChI=1S/C20H17N3O2S/c24-19(23-20(26)22-18-8-4-5-13-21-18)16-9-11-17(12-10-16)25-14-15-6-2-1-3-7-15/h1-13H,14H2,(H2,21,22,23,24,26). The highest BCUT2D eigenvalue weighted by atomic mass is 32.1. The zero-order valence-corrected chi connectivity index (χ0v) is 14.7. The maximum Gasteiger partial charge on any atom is 0.257 e. The topological polar surface area (TPSA) is 63.2 Å². The van der Waals surface area contributed by atoms with Crippen LogP contribution < -0.4 is 15.4 Å². The second-order valence-electron chi connectivity index (χ2n) is 5.42. The molecule has 130 valence electrons. The van der Waals surface area contributed by atoms with Crippen LogP contribution in [0.3, 0.4) is 0 Å². The van der Waals surface area contributed by atoms with Gasteiger partial charge in [0.15, 0.2) is 5.11 Å². The first-order valence-corrected chi connectivity index (χ1v) is 8.42. The van der Waals surface area contributed by atoms with Crippen LogP contribution in [-0.2, 0) is 6.61 Å². The monoisotopic (exact) mass is 363 g/mol. The Kier molecular flexibility index (Phi) is 5.90. The zero-order valence-electron chi connectivity index (χ0n) is 13.9. The van der Waals surface area contributed by atoms with E-state index in [9.17, 15) is 4.79 Å². The highest BCUT2D eigenvalue weighted by Crippen LogP contribution is 2.14. The van der Waals surface area contributed by atoms with E-state index in [4.69, 9.17) is 17.0 Å². The van der Waals surface area contributed by atoms with Gasteiger partial charge in [0.2, 0.25) is 0 Å². The molecule has 1 heterocycles. The Morgan fingerprint density at radius 2 is 1.69 bits per heavy atom. The summed E-state index contributed by atoms with van der Waals surface area (Å²) in [5.41, 5.74) is 1.57. The number of nitrogens with one attached hydrogen (secondary N) is 2. The Bertz CT molecular complexity index is 869. The van der Waals surface area contributed by atoms with Crippen LogP contribution in [0, 0.1) is 0 Å². The fourth-order valence-corrected chi connectivity index (χ4v) is 2.40. The van der Waals surface area contributed by atoms with Crippen LogP contribution in [-0.4, -0.2) is 16.0 Å². The lowest BCUT2D eigenvalue weighted by atomic mass is 10.2. The van der Waals surface area contributed by atoms with E-state index in [0.717, 1.165) is 5.56 Å². The summed E-state index contributed by atoms with van der Waals surface area (Å²) in [7, 11) is 0. The van der Waals surface area contributed by atoms with Gasteiger partial charge in [-0.1, -0.05) is 36.4 Å². The molecule has 0 fully saturated rings. The molecule has 0 bridgehead atoms. The number of carbonyl (C=O) groups is 1. The number of rotatable bonds is 5. The molecule has 1 aromatic heterocycles. The van der Waals surface area contributed by atoms with E-state index in [1.54, 1.807) is 42.6 Å². The van der Waals surface area contributed by atoms with Crippen molar-refractivity contribution in [1.82, 2.24) is 10.3 Å². The fourth-order valence-electron chi connectivity index (χ4n) is 2.20. The molecule has 0 aliphatic carbocycles. The highest BCUT2D eigenvalue weighted by Gasteiger charge is 2.08. The third-order valence-electron chi connectivity index (χ3n) is 3.50. The van der Waals surface area contributed by atoms with E-state index in [-0.39, 0.29) is 11.0 Å². The molecular formula is C20H17N3O2S. The number of ether oxygens (including phenoxy) is 1. The molecule has 0 saturated heterocycles. The predicted molar refractivity (Wildman–Crippen MR) is 105 cm³/mol.